The summed E-state index contributed by atoms with van der Waals surface area (Å²) >= 11 is 3.30. The van der Waals surface area contributed by atoms with E-state index in [9.17, 15) is 14.9 Å². The van der Waals surface area contributed by atoms with E-state index < -0.39 is 10.9 Å². The van der Waals surface area contributed by atoms with Gasteiger partial charge < -0.3 is 18.9 Å². The first-order valence-corrected chi connectivity index (χ1v) is 9.10. The molecule has 0 aliphatic carbocycles. The number of hydrogen-bond donors (Lipinski definition) is 0. The number of carbonyl (C=O) groups excluding carboxylic acids is 1. The maximum Gasteiger partial charge on any atom is 0.348 e. The summed E-state index contributed by atoms with van der Waals surface area (Å²) in [6.45, 7) is 0. The van der Waals surface area contributed by atoms with Gasteiger partial charge in [-0.25, -0.2) is 4.79 Å². The number of hydrogen-bond acceptors (Lipinski definition) is 9. The van der Waals surface area contributed by atoms with E-state index in [4.69, 9.17) is 18.9 Å². The van der Waals surface area contributed by atoms with E-state index in [-0.39, 0.29) is 40.5 Å². The van der Waals surface area contributed by atoms with Crippen LogP contribution in [0.15, 0.2) is 53.0 Å². The number of esters is 1. The Hall–Kier alpha value is -3.73. The van der Waals surface area contributed by atoms with E-state index in [2.05, 4.69) is 25.9 Å². The Bertz CT molecular complexity index is 1070. The van der Waals surface area contributed by atoms with Gasteiger partial charge in [-0.1, -0.05) is 6.07 Å². The predicted molar refractivity (Wildman–Crippen MR) is 107 cm³/mol. The zero-order valence-electron chi connectivity index (χ0n) is 15.7. The number of nitro benzene ring substituents is 1. The SMILES string of the molecule is COc1cc(OC)nc(Oc2cccc(Br)c2C(=O)Oc2ccc([N+](=O)[O-])cc2)n1. The van der Waals surface area contributed by atoms with Gasteiger partial charge in [-0.05, 0) is 40.2 Å². The number of rotatable bonds is 7. The van der Waals surface area contributed by atoms with Crippen LogP contribution >= 0.6 is 15.9 Å². The van der Waals surface area contributed by atoms with Crippen molar-refractivity contribution in [2.75, 3.05) is 14.2 Å². The van der Waals surface area contributed by atoms with Gasteiger partial charge in [-0.3, -0.25) is 10.1 Å². The van der Waals surface area contributed by atoms with E-state index in [1.165, 1.54) is 50.6 Å². The molecule has 0 N–H and O–H groups in total. The lowest BCUT2D eigenvalue weighted by molar-refractivity contribution is -0.384. The quantitative estimate of drug-likeness (QED) is 0.214. The molecule has 1 heterocycles. The summed E-state index contributed by atoms with van der Waals surface area (Å²) in [6.07, 6.45) is 0. The standard InChI is InChI=1S/C19H14BrN3O7/c1-27-15-10-16(28-2)22-19(21-15)30-14-5-3-4-13(20)17(14)18(24)29-12-8-6-11(7-9-12)23(25)26/h3-10H,1-2H3. The molecule has 0 fully saturated rings. The van der Waals surface area contributed by atoms with E-state index in [1.54, 1.807) is 12.1 Å². The normalized spacial score (nSPS) is 10.2. The highest BCUT2D eigenvalue weighted by molar-refractivity contribution is 9.10. The average Bonchev–Trinajstić information content (AvgIpc) is 2.73. The smallest absolute Gasteiger partial charge is 0.348 e. The van der Waals surface area contributed by atoms with Crippen LogP contribution in [0, 0.1) is 10.1 Å². The molecular formula is C19H14BrN3O7. The second-order valence-electron chi connectivity index (χ2n) is 5.59. The van der Waals surface area contributed by atoms with E-state index >= 15 is 0 Å². The van der Waals surface area contributed by atoms with Crippen LogP contribution < -0.4 is 18.9 Å². The molecule has 0 amide bonds. The van der Waals surface area contributed by atoms with E-state index in [0.29, 0.717) is 4.47 Å². The molecule has 0 unspecified atom stereocenters. The number of benzene rings is 2. The fourth-order valence-corrected chi connectivity index (χ4v) is 2.83. The topological polar surface area (TPSA) is 123 Å². The molecular weight excluding hydrogens is 462 g/mol. The molecule has 0 saturated heterocycles. The zero-order valence-corrected chi connectivity index (χ0v) is 17.3. The second-order valence-corrected chi connectivity index (χ2v) is 6.45. The number of halogens is 1. The molecule has 1 aromatic heterocycles. The molecule has 3 rings (SSSR count). The summed E-state index contributed by atoms with van der Waals surface area (Å²) in [5.74, 6) is -0.0805. The van der Waals surface area contributed by atoms with Crippen molar-refractivity contribution in [2.45, 2.75) is 0 Å². The largest absolute Gasteiger partial charge is 0.481 e. The highest BCUT2D eigenvalue weighted by Crippen LogP contribution is 2.32. The first kappa shape index (κ1) is 21.0. The van der Waals surface area contributed by atoms with Gasteiger partial charge in [0.05, 0.1) is 25.2 Å². The number of methoxy groups -OCH3 is 2. The third-order valence-electron chi connectivity index (χ3n) is 3.72. The molecule has 0 aliphatic heterocycles. The minimum atomic E-state index is -0.749. The van der Waals surface area contributed by atoms with Crippen LogP contribution in [0.1, 0.15) is 10.4 Å². The molecule has 154 valence electrons. The van der Waals surface area contributed by atoms with E-state index in [0.717, 1.165) is 0 Å². The molecule has 0 bridgehead atoms. The molecule has 10 nitrogen and oxygen atoms in total. The minimum Gasteiger partial charge on any atom is -0.481 e. The molecule has 0 aliphatic rings. The lowest BCUT2D eigenvalue weighted by Gasteiger charge is -2.12. The van der Waals surface area contributed by atoms with Crippen molar-refractivity contribution in [3.8, 4) is 29.3 Å². The van der Waals surface area contributed by atoms with E-state index in [1.807, 2.05) is 0 Å². The van der Waals surface area contributed by atoms with Crippen LogP contribution in [0.3, 0.4) is 0 Å². The number of nitro groups is 1. The fraction of sp³-hybridized carbons (Fsp3) is 0.105. The van der Waals surface area contributed by atoms with Gasteiger partial charge in [-0.2, -0.15) is 9.97 Å². The third-order valence-corrected chi connectivity index (χ3v) is 4.38. The number of aromatic nitrogens is 2. The monoisotopic (exact) mass is 475 g/mol. The molecule has 0 radical (unpaired) electrons. The average molecular weight is 476 g/mol. The first-order valence-electron chi connectivity index (χ1n) is 8.31. The van der Waals surface area contributed by atoms with Crippen LogP contribution in [0.5, 0.6) is 29.3 Å². The molecule has 0 atom stereocenters. The Morgan fingerprint density at radius 1 is 1.03 bits per heavy atom. The minimum absolute atomic E-state index is 0.0706. The Morgan fingerprint density at radius 3 is 2.23 bits per heavy atom. The zero-order chi connectivity index (χ0) is 21.7. The maximum absolute atomic E-state index is 12.8. The summed E-state index contributed by atoms with van der Waals surface area (Å²) in [5, 5.41) is 10.8. The van der Waals surface area contributed by atoms with Crippen LogP contribution in [-0.4, -0.2) is 35.1 Å². The fourth-order valence-electron chi connectivity index (χ4n) is 2.32. The summed E-state index contributed by atoms with van der Waals surface area (Å²) < 4.78 is 21.6. The van der Waals surface area contributed by atoms with Gasteiger partial charge in [0, 0.05) is 16.6 Å². The van der Waals surface area contributed by atoms with Gasteiger partial charge in [0.2, 0.25) is 11.8 Å². The number of carbonyl (C=O) groups is 1. The first-order chi connectivity index (χ1) is 14.4. The summed E-state index contributed by atoms with van der Waals surface area (Å²) in [6, 6.07) is 11.3. The van der Waals surface area contributed by atoms with Crippen LogP contribution in [0.25, 0.3) is 0 Å². The van der Waals surface area contributed by atoms with Gasteiger partial charge in [0.25, 0.3) is 5.69 Å². The lowest BCUT2D eigenvalue weighted by Crippen LogP contribution is -2.11. The number of ether oxygens (including phenoxy) is 4. The molecule has 2 aromatic carbocycles. The Morgan fingerprint density at radius 2 is 1.67 bits per heavy atom. The van der Waals surface area contributed by atoms with Gasteiger partial charge in [-0.15, -0.1) is 0 Å². The van der Waals surface area contributed by atoms with Crippen molar-refractivity contribution >= 4 is 27.6 Å². The van der Waals surface area contributed by atoms with Gasteiger partial charge >= 0.3 is 12.0 Å². The van der Waals surface area contributed by atoms with Crippen LogP contribution in [0.2, 0.25) is 0 Å². The Balaban J connectivity index is 1.89. The highest BCUT2D eigenvalue weighted by atomic mass is 79.9. The van der Waals surface area contributed by atoms with Crippen LogP contribution in [0.4, 0.5) is 5.69 Å². The van der Waals surface area contributed by atoms with Gasteiger partial charge in [0.1, 0.15) is 17.1 Å². The summed E-state index contributed by atoms with van der Waals surface area (Å²) in [4.78, 5) is 31.1. The predicted octanol–water partition coefficient (Wildman–Crippen LogP) is 4.18. The van der Waals surface area contributed by atoms with Crippen LogP contribution in [-0.2, 0) is 0 Å². The third kappa shape index (κ3) is 4.81. The van der Waals surface area contributed by atoms with Crippen molar-refractivity contribution in [1.29, 1.82) is 0 Å². The molecule has 0 saturated carbocycles. The van der Waals surface area contributed by atoms with Crippen molar-refractivity contribution in [3.05, 3.63) is 68.7 Å². The summed E-state index contributed by atoms with van der Waals surface area (Å²) in [7, 11) is 2.86. The van der Waals surface area contributed by atoms with Crippen molar-refractivity contribution in [3.63, 3.8) is 0 Å². The lowest BCUT2D eigenvalue weighted by atomic mass is 10.2. The molecule has 3 aromatic rings. The Labute approximate surface area is 178 Å². The molecule has 30 heavy (non-hydrogen) atoms. The number of nitrogens with zero attached hydrogens (tertiary/aromatic N) is 3. The maximum atomic E-state index is 12.8. The Kier molecular flexibility index (Phi) is 6.42. The van der Waals surface area contributed by atoms with Gasteiger partial charge in [0.15, 0.2) is 0 Å². The highest BCUT2D eigenvalue weighted by Gasteiger charge is 2.21. The van der Waals surface area contributed by atoms with Crippen molar-refractivity contribution in [2.24, 2.45) is 0 Å². The summed E-state index contributed by atoms with van der Waals surface area (Å²) in [5.41, 5.74) is -0.0509. The van der Waals surface area contributed by atoms with Crippen molar-refractivity contribution in [1.82, 2.24) is 9.97 Å². The molecule has 11 heteroatoms. The molecule has 0 spiro atoms. The second kappa shape index (κ2) is 9.18. The number of non-ortho nitro benzene ring substituents is 1. The van der Waals surface area contributed by atoms with Crippen molar-refractivity contribution < 1.29 is 28.7 Å².